The summed E-state index contributed by atoms with van der Waals surface area (Å²) in [5.74, 6) is 1.77. The summed E-state index contributed by atoms with van der Waals surface area (Å²) in [7, 11) is -3.87. The molecule has 0 aliphatic heterocycles. The Morgan fingerprint density at radius 1 is 0.650 bits per heavy atom. The highest BCUT2D eigenvalue weighted by molar-refractivity contribution is 9.11. The number of aliphatic hydroxyl groups excluding tert-OH is 1. The van der Waals surface area contributed by atoms with Gasteiger partial charge in [0, 0.05) is 5.56 Å². The van der Waals surface area contributed by atoms with Crippen LogP contribution in [0.2, 0.25) is 33.2 Å². The SMILES string of the molecule is CC(C)[Si](Oc1ccc(C=O)cc1Br)(C(C)C)C(C)C.CC(C)[Si](Oc1ccc(CO)cc1Br)(C(C)C)C(C)C. The normalized spacial score (nSPS) is 12.4. The van der Waals surface area contributed by atoms with Crippen LogP contribution in [0.4, 0.5) is 0 Å². The van der Waals surface area contributed by atoms with E-state index in [9.17, 15) is 9.90 Å². The molecule has 1 N–H and O–H groups in total. The Bertz CT molecular complexity index is 1040. The minimum Gasteiger partial charge on any atom is -0.542 e. The Balaban J connectivity index is 0.000000400. The minimum atomic E-state index is -1.95. The first-order valence-electron chi connectivity index (χ1n) is 14.5. The van der Waals surface area contributed by atoms with Crippen LogP contribution in [0, 0.1) is 0 Å². The summed E-state index contributed by atoms with van der Waals surface area (Å²) in [6, 6.07) is 11.4. The summed E-state index contributed by atoms with van der Waals surface area (Å²) in [4.78, 5) is 10.8. The van der Waals surface area contributed by atoms with Crippen LogP contribution in [0.15, 0.2) is 45.3 Å². The fraction of sp³-hybridized carbons (Fsp3) is 0.594. The van der Waals surface area contributed by atoms with Crippen molar-refractivity contribution in [3.05, 3.63) is 56.5 Å². The largest absolute Gasteiger partial charge is 0.542 e. The quantitative estimate of drug-likeness (QED) is 0.176. The molecule has 0 heterocycles. The average Bonchev–Trinajstić information content (AvgIpc) is 2.86. The first-order valence-corrected chi connectivity index (χ1v) is 20.4. The van der Waals surface area contributed by atoms with Gasteiger partial charge in [-0.05, 0) is 101 Å². The Hall–Kier alpha value is -0.936. The van der Waals surface area contributed by atoms with Crippen molar-refractivity contribution in [2.24, 2.45) is 0 Å². The van der Waals surface area contributed by atoms with Gasteiger partial charge in [-0.15, -0.1) is 0 Å². The van der Waals surface area contributed by atoms with Gasteiger partial charge in [0.2, 0.25) is 0 Å². The van der Waals surface area contributed by atoms with Gasteiger partial charge < -0.3 is 14.0 Å². The lowest BCUT2D eigenvalue weighted by molar-refractivity contribution is 0.112. The van der Waals surface area contributed by atoms with Gasteiger partial charge in [-0.3, -0.25) is 4.79 Å². The standard InChI is InChI=1S/C16H27BrO2Si.C16H25BrO2Si/c2*1-11(2)20(12(3)4,13(5)6)19-16-8-7-14(10-18)9-15(16)17/h7-9,11-13,18H,10H2,1-6H3;7-13H,1-6H3. The zero-order chi connectivity index (χ0) is 31.0. The highest BCUT2D eigenvalue weighted by Gasteiger charge is 2.48. The molecule has 0 aliphatic carbocycles. The molecule has 0 radical (unpaired) electrons. The number of carbonyl (C=O) groups is 1. The van der Waals surface area contributed by atoms with E-state index in [2.05, 4.69) is 115 Å². The molecule has 226 valence electrons. The van der Waals surface area contributed by atoms with Crippen molar-refractivity contribution in [2.45, 2.75) is 123 Å². The van der Waals surface area contributed by atoms with E-state index < -0.39 is 16.6 Å². The number of hydrogen-bond acceptors (Lipinski definition) is 4. The fourth-order valence-corrected chi connectivity index (χ4v) is 18.3. The first-order chi connectivity index (χ1) is 18.5. The molecule has 0 amide bonds. The lowest BCUT2D eigenvalue weighted by Gasteiger charge is -2.42. The number of benzene rings is 2. The molecule has 0 aliphatic rings. The van der Waals surface area contributed by atoms with Gasteiger partial charge in [0.15, 0.2) is 0 Å². The zero-order valence-electron chi connectivity index (χ0n) is 26.6. The molecule has 0 fully saturated rings. The maximum atomic E-state index is 10.8. The molecule has 0 bridgehead atoms. The van der Waals surface area contributed by atoms with E-state index in [0.29, 0.717) is 38.8 Å². The summed E-state index contributed by atoms with van der Waals surface area (Å²) in [5, 5.41) is 9.20. The van der Waals surface area contributed by atoms with Crippen LogP contribution in [-0.4, -0.2) is 28.0 Å². The monoisotopic (exact) mass is 714 g/mol. The number of aliphatic hydroxyl groups is 1. The van der Waals surface area contributed by atoms with Crippen molar-refractivity contribution in [3.63, 3.8) is 0 Å². The predicted molar refractivity (Wildman–Crippen MR) is 183 cm³/mol. The molecule has 2 aromatic carbocycles. The smallest absolute Gasteiger partial charge is 0.258 e. The number of halogens is 2. The van der Waals surface area contributed by atoms with Crippen LogP contribution in [0.25, 0.3) is 0 Å². The van der Waals surface area contributed by atoms with E-state index in [0.717, 1.165) is 32.3 Å². The molecule has 8 heteroatoms. The van der Waals surface area contributed by atoms with Crippen molar-refractivity contribution in [2.75, 3.05) is 0 Å². The predicted octanol–water partition coefficient (Wildman–Crippen LogP) is 11.3. The van der Waals surface area contributed by atoms with E-state index in [4.69, 9.17) is 8.85 Å². The molecule has 0 atom stereocenters. The van der Waals surface area contributed by atoms with Gasteiger partial charge in [-0.1, -0.05) is 89.2 Å². The number of rotatable bonds is 12. The van der Waals surface area contributed by atoms with Crippen LogP contribution in [0.5, 0.6) is 11.5 Å². The van der Waals surface area contributed by atoms with Gasteiger partial charge in [-0.2, -0.15) is 0 Å². The maximum Gasteiger partial charge on any atom is 0.258 e. The van der Waals surface area contributed by atoms with Gasteiger partial charge in [0.1, 0.15) is 17.8 Å². The Morgan fingerprint density at radius 3 is 1.27 bits per heavy atom. The van der Waals surface area contributed by atoms with Gasteiger partial charge >= 0.3 is 0 Å². The lowest BCUT2D eigenvalue weighted by atomic mass is 10.2. The maximum absolute atomic E-state index is 10.8. The Morgan fingerprint density at radius 2 is 1.00 bits per heavy atom. The molecule has 0 unspecified atom stereocenters. The van der Waals surface area contributed by atoms with Crippen molar-refractivity contribution in [3.8, 4) is 11.5 Å². The van der Waals surface area contributed by atoms with Crippen molar-refractivity contribution >= 4 is 54.8 Å². The van der Waals surface area contributed by atoms with Crippen molar-refractivity contribution in [1.82, 2.24) is 0 Å². The Kier molecular flexibility index (Phi) is 14.9. The first kappa shape index (κ1) is 37.1. The third kappa shape index (κ3) is 8.56. The minimum absolute atomic E-state index is 0.0555. The second-order valence-electron chi connectivity index (χ2n) is 12.6. The molecular weight excluding hydrogens is 664 g/mol. The molecular formula is C32H52Br2O4Si2. The molecule has 0 saturated heterocycles. The van der Waals surface area contributed by atoms with Gasteiger partial charge in [0.05, 0.1) is 15.6 Å². The Labute approximate surface area is 263 Å². The number of carbonyl (C=O) groups excluding carboxylic acids is 1. The van der Waals surface area contributed by atoms with Crippen LogP contribution >= 0.6 is 31.9 Å². The molecule has 4 nitrogen and oxygen atoms in total. The summed E-state index contributed by atoms with van der Waals surface area (Å²) in [5.41, 5.74) is 4.79. The highest BCUT2D eigenvalue weighted by Crippen LogP contribution is 2.45. The average molecular weight is 717 g/mol. The third-order valence-electron chi connectivity index (χ3n) is 8.26. The van der Waals surface area contributed by atoms with E-state index in [1.807, 2.05) is 36.4 Å². The van der Waals surface area contributed by atoms with Crippen molar-refractivity contribution in [1.29, 1.82) is 0 Å². The van der Waals surface area contributed by atoms with Crippen LogP contribution in [0.1, 0.15) is 99.0 Å². The van der Waals surface area contributed by atoms with Crippen LogP contribution in [-0.2, 0) is 6.61 Å². The molecule has 0 spiro atoms. The number of aldehydes is 1. The lowest BCUT2D eigenvalue weighted by Crippen LogP contribution is -2.50. The molecule has 2 rings (SSSR count). The third-order valence-corrected chi connectivity index (χ3v) is 21.5. The van der Waals surface area contributed by atoms with Crippen LogP contribution < -0.4 is 8.85 Å². The zero-order valence-corrected chi connectivity index (χ0v) is 31.8. The summed E-state index contributed by atoms with van der Waals surface area (Å²) in [6.45, 7) is 27.3. The van der Waals surface area contributed by atoms with E-state index >= 15 is 0 Å². The van der Waals surface area contributed by atoms with E-state index in [1.54, 1.807) is 0 Å². The van der Waals surface area contributed by atoms with E-state index in [1.165, 1.54) is 0 Å². The molecule has 2 aromatic rings. The van der Waals surface area contributed by atoms with Gasteiger partial charge in [0.25, 0.3) is 16.6 Å². The molecule has 0 aromatic heterocycles. The van der Waals surface area contributed by atoms with Crippen LogP contribution in [0.3, 0.4) is 0 Å². The van der Waals surface area contributed by atoms with E-state index in [-0.39, 0.29) is 6.61 Å². The topological polar surface area (TPSA) is 55.8 Å². The summed E-state index contributed by atoms with van der Waals surface area (Å²) in [6.07, 6.45) is 0.854. The number of hydrogen-bond donors (Lipinski definition) is 1. The van der Waals surface area contributed by atoms with Gasteiger partial charge in [-0.25, -0.2) is 0 Å². The second kappa shape index (κ2) is 16.1. The van der Waals surface area contributed by atoms with Crippen molar-refractivity contribution < 1.29 is 18.8 Å². The molecule has 40 heavy (non-hydrogen) atoms. The highest BCUT2D eigenvalue weighted by atomic mass is 79.9. The fourth-order valence-electron chi connectivity index (χ4n) is 6.49. The second-order valence-corrected chi connectivity index (χ2v) is 25.0. The summed E-state index contributed by atoms with van der Waals surface area (Å²) >= 11 is 7.10. The molecule has 0 saturated carbocycles. The summed E-state index contributed by atoms with van der Waals surface area (Å²) < 4.78 is 15.0.